The first-order valence-corrected chi connectivity index (χ1v) is 5.90. The number of carbonyl (C=O) groups is 1. The highest BCUT2D eigenvalue weighted by molar-refractivity contribution is 6.32. The molecule has 0 aliphatic carbocycles. The second-order valence-corrected chi connectivity index (χ2v) is 4.17. The van der Waals surface area contributed by atoms with Gasteiger partial charge in [0.25, 0.3) is 0 Å². The fraction of sp³-hybridized carbons (Fsp3) is 0.417. The summed E-state index contributed by atoms with van der Waals surface area (Å²) in [7, 11) is 1.59. The third-order valence-corrected chi connectivity index (χ3v) is 2.45. The molecule has 0 heterocycles. The maximum Gasteiger partial charge on any atom is 0.240 e. The van der Waals surface area contributed by atoms with Gasteiger partial charge in [-0.25, -0.2) is 0 Å². The number of nitrogens with one attached hydrogen (secondary N) is 1. The summed E-state index contributed by atoms with van der Waals surface area (Å²) in [5.74, 6) is 0.284. The first-order valence-electron chi connectivity index (χ1n) is 5.52. The van der Waals surface area contributed by atoms with Gasteiger partial charge in [-0.15, -0.1) is 0 Å². The van der Waals surface area contributed by atoms with Gasteiger partial charge in [0.05, 0.1) is 17.7 Å². The number of methoxy groups -OCH3 is 1. The van der Waals surface area contributed by atoms with E-state index >= 15 is 0 Å². The molecule has 0 fully saturated rings. The number of nitrogens with two attached hydrogens (primary N) is 1. The van der Waals surface area contributed by atoms with Gasteiger partial charge in [0, 0.05) is 12.8 Å². The van der Waals surface area contributed by atoms with Crippen molar-refractivity contribution < 1.29 is 14.3 Å². The number of anilines is 1. The van der Waals surface area contributed by atoms with E-state index in [0.29, 0.717) is 29.7 Å². The van der Waals surface area contributed by atoms with Crippen LogP contribution in [-0.2, 0) is 9.53 Å². The van der Waals surface area contributed by atoms with Crippen LogP contribution >= 0.6 is 11.6 Å². The zero-order valence-electron chi connectivity index (χ0n) is 10.4. The van der Waals surface area contributed by atoms with Crippen LogP contribution in [0.2, 0.25) is 5.02 Å². The number of benzene rings is 1. The Balaban J connectivity index is 2.64. The van der Waals surface area contributed by atoms with Gasteiger partial charge in [-0.05, 0) is 25.1 Å². The van der Waals surface area contributed by atoms with Crippen molar-refractivity contribution in [1.29, 1.82) is 0 Å². The number of rotatable bonds is 6. The number of carbonyl (C=O) groups excluding carboxylic acids is 1. The van der Waals surface area contributed by atoms with Crippen molar-refractivity contribution >= 4 is 23.2 Å². The Morgan fingerprint density at radius 2 is 2.22 bits per heavy atom. The molecule has 3 N–H and O–H groups in total. The van der Waals surface area contributed by atoms with E-state index in [4.69, 9.17) is 26.8 Å². The summed E-state index contributed by atoms with van der Waals surface area (Å²) >= 11 is 6.02. The third-order valence-electron chi connectivity index (χ3n) is 2.16. The summed E-state index contributed by atoms with van der Waals surface area (Å²) in [6.45, 7) is 2.51. The molecule has 0 radical (unpaired) electrons. The van der Waals surface area contributed by atoms with Gasteiger partial charge in [0.2, 0.25) is 5.91 Å². The Kier molecular flexibility index (Phi) is 5.91. The van der Waals surface area contributed by atoms with Crippen molar-refractivity contribution in [3.05, 3.63) is 23.2 Å². The van der Waals surface area contributed by atoms with Crippen molar-refractivity contribution in [3.63, 3.8) is 0 Å². The van der Waals surface area contributed by atoms with Gasteiger partial charge >= 0.3 is 0 Å². The monoisotopic (exact) mass is 272 g/mol. The fourth-order valence-electron chi connectivity index (χ4n) is 1.19. The zero-order chi connectivity index (χ0) is 13.5. The molecule has 0 spiro atoms. The van der Waals surface area contributed by atoms with E-state index in [2.05, 4.69) is 5.32 Å². The average Bonchev–Trinajstić information content (AvgIpc) is 2.32. The van der Waals surface area contributed by atoms with Gasteiger partial charge < -0.3 is 20.5 Å². The Morgan fingerprint density at radius 3 is 2.78 bits per heavy atom. The summed E-state index contributed by atoms with van der Waals surface area (Å²) in [5.41, 5.74) is 6.03. The lowest BCUT2D eigenvalue weighted by Crippen LogP contribution is -2.32. The molecule has 1 aromatic rings. The van der Waals surface area contributed by atoms with Gasteiger partial charge in [0.15, 0.2) is 0 Å². The van der Waals surface area contributed by atoms with Crippen LogP contribution in [-0.4, -0.2) is 32.3 Å². The van der Waals surface area contributed by atoms with Crippen molar-refractivity contribution in [3.8, 4) is 5.75 Å². The number of hydrogen-bond donors (Lipinski definition) is 2. The van der Waals surface area contributed by atoms with Crippen molar-refractivity contribution in [2.75, 3.05) is 25.6 Å². The smallest absolute Gasteiger partial charge is 0.240 e. The number of amides is 1. The second kappa shape index (κ2) is 7.20. The van der Waals surface area contributed by atoms with Crippen molar-refractivity contribution in [2.45, 2.75) is 13.0 Å². The lowest BCUT2D eigenvalue weighted by atomic mass is 10.2. The number of hydrogen-bond acceptors (Lipinski definition) is 4. The molecule has 0 unspecified atom stereocenters. The van der Waals surface area contributed by atoms with E-state index in [1.807, 2.05) is 0 Å². The van der Waals surface area contributed by atoms with Crippen LogP contribution in [0.4, 0.5) is 5.69 Å². The molecule has 0 aliphatic heterocycles. The SMILES string of the molecule is COCCOc1ccc(NC(=O)[C@H](C)N)cc1Cl. The molecule has 5 nitrogen and oxygen atoms in total. The Hall–Kier alpha value is -1.30. The quantitative estimate of drug-likeness (QED) is 0.773. The molecule has 1 atom stereocenters. The highest BCUT2D eigenvalue weighted by atomic mass is 35.5. The maximum absolute atomic E-state index is 11.4. The number of ether oxygens (including phenoxy) is 2. The Morgan fingerprint density at radius 1 is 1.50 bits per heavy atom. The molecule has 18 heavy (non-hydrogen) atoms. The van der Waals surface area contributed by atoms with E-state index in [1.165, 1.54) is 0 Å². The molecule has 6 heteroatoms. The summed E-state index contributed by atoms with van der Waals surface area (Å²) in [4.78, 5) is 11.4. The van der Waals surface area contributed by atoms with E-state index in [-0.39, 0.29) is 5.91 Å². The van der Waals surface area contributed by atoms with E-state index < -0.39 is 6.04 Å². The Labute approximate surface area is 111 Å². The lowest BCUT2D eigenvalue weighted by molar-refractivity contribution is -0.117. The fourth-order valence-corrected chi connectivity index (χ4v) is 1.42. The molecule has 0 bridgehead atoms. The van der Waals surface area contributed by atoms with Crippen molar-refractivity contribution in [2.24, 2.45) is 5.73 Å². The zero-order valence-corrected chi connectivity index (χ0v) is 11.2. The van der Waals surface area contributed by atoms with E-state index in [9.17, 15) is 4.79 Å². The van der Waals surface area contributed by atoms with Crippen LogP contribution in [0.3, 0.4) is 0 Å². The molecular weight excluding hydrogens is 256 g/mol. The first-order chi connectivity index (χ1) is 8.54. The molecule has 0 saturated heterocycles. The van der Waals surface area contributed by atoms with Gasteiger partial charge in [-0.1, -0.05) is 11.6 Å². The van der Waals surface area contributed by atoms with Crippen molar-refractivity contribution in [1.82, 2.24) is 0 Å². The molecule has 0 aliphatic rings. The van der Waals surface area contributed by atoms with Crippen LogP contribution in [0.15, 0.2) is 18.2 Å². The standard InChI is InChI=1S/C12H17ClN2O3/c1-8(14)12(16)15-9-3-4-11(10(13)7-9)18-6-5-17-2/h3-4,7-8H,5-6,14H2,1-2H3,(H,15,16)/t8-/m0/s1. The molecule has 0 aromatic heterocycles. The van der Waals surface area contributed by atoms with Crippen LogP contribution in [0.5, 0.6) is 5.75 Å². The lowest BCUT2D eigenvalue weighted by Gasteiger charge is -2.11. The summed E-state index contributed by atoms with van der Waals surface area (Å²) in [5, 5.41) is 3.07. The Bertz CT molecular complexity index is 410. The third kappa shape index (κ3) is 4.52. The number of halogens is 1. The maximum atomic E-state index is 11.4. The van der Waals surface area contributed by atoms with Crippen LogP contribution in [0, 0.1) is 0 Å². The normalized spacial score (nSPS) is 12.0. The molecule has 0 saturated carbocycles. The first kappa shape index (κ1) is 14.8. The minimum Gasteiger partial charge on any atom is -0.490 e. The predicted molar refractivity (Wildman–Crippen MR) is 71.1 cm³/mol. The van der Waals surface area contributed by atoms with Gasteiger partial charge in [-0.2, -0.15) is 0 Å². The van der Waals surface area contributed by atoms with E-state index in [1.54, 1.807) is 32.2 Å². The predicted octanol–water partition coefficient (Wildman–Crippen LogP) is 1.65. The highest BCUT2D eigenvalue weighted by Gasteiger charge is 2.09. The second-order valence-electron chi connectivity index (χ2n) is 3.76. The molecule has 1 rings (SSSR count). The minimum atomic E-state index is -0.568. The minimum absolute atomic E-state index is 0.265. The largest absolute Gasteiger partial charge is 0.490 e. The highest BCUT2D eigenvalue weighted by Crippen LogP contribution is 2.27. The van der Waals surface area contributed by atoms with Crippen LogP contribution in [0.1, 0.15) is 6.92 Å². The van der Waals surface area contributed by atoms with Gasteiger partial charge in [0.1, 0.15) is 12.4 Å². The summed E-state index contributed by atoms with van der Waals surface area (Å²) in [6, 6.07) is 4.44. The molecular formula is C12H17ClN2O3. The average molecular weight is 273 g/mol. The van der Waals surface area contributed by atoms with E-state index in [0.717, 1.165) is 0 Å². The molecule has 1 aromatic carbocycles. The van der Waals surface area contributed by atoms with Gasteiger partial charge in [-0.3, -0.25) is 4.79 Å². The molecule has 100 valence electrons. The summed E-state index contributed by atoms with van der Waals surface area (Å²) < 4.78 is 10.3. The molecule has 1 amide bonds. The van der Waals surface area contributed by atoms with Crippen LogP contribution < -0.4 is 15.8 Å². The summed E-state index contributed by atoms with van der Waals surface area (Å²) in [6.07, 6.45) is 0. The van der Waals surface area contributed by atoms with Crippen LogP contribution in [0.25, 0.3) is 0 Å². The topological polar surface area (TPSA) is 73.6 Å².